The number of hydrogen-bond acceptors (Lipinski definition) is 5. The summed E-state index contributed by atoms with van der Waals surface area (Å²) in [5, 5.41) is 5.95. The predicted octanol–water partition coefficient (Wildman–Crippen LogP) is 4.12. The summed E-state index contributed by atoms with van der Waals surface area (Å²) in [7, 11) is 1.60. The van der Waals surface area contributed by atoms with E-state index < -0.39 is 5.92 Å². The summed E-state index contributed by atoms with van der Waals surface area (Å²) in [4.78, 5) is 31.4. The van der Waals surface area contributed by atoms with Gasteiger partial charge in [-0.1, -0.05) is 12.1 Å². The maximum Gasteiger partial charge on any atom is 0.229 e. The second kappa shape index (κ2) is 8.05. The highest BCUT2D eigenvalue weighted by Crippen LogP contribution is 2.28. The third kappa shape index (κ3) is 4.14. The average Bonchev–Trinajstić information content (AvgIpc) is 3.34. The van der Waals surface area contributed by atoms with Gasteiger partial charge in [0.15, 0.2) is 0 Å². The highest BCUT2D eigenvalue weighted by Gasteiger charge is 2.35. The van der Waals surface area contributed by atoms with E-state index in [4.69, 9.17) is 4.74 Å². The minimum atomic E-state index is -0.394. The number of rotatable bonds is 5. The molecule has 1 saturated heterocycles. The van der Waals surface area contributed by atoms with Crippen molar-refractivity contribution in [1.29, 1.82) is 0 Å². The number of benzene rings is 2. The summed E-state index contributed by atoms with van der Waals surface area (Å²) >= 11 is 1.59. The van der Waals surface area contributed by atoms with Crippen LogP contribution in [-0.2, 0) is 9.59 Å². The molecule has 1 aliphatic heterocycles. The van der Waals surface area contributed by atoms with Gasteiger partial charge >= 0.3 is 0 Å². The van der Waals surface area contributed by atoms with Crippen LogP contribution < -0.4 is 15.0 Å². The first kappa shape index (κ1) is 19.1. The van der Waals surface area contributed by atoms with Crippen molar-refractivity contribution in [2.75, 3.05) is 23.9 Å². The molecule has 6 nitrogen and oxygen atoms in total. The Morgan fingerprint density at radius 2 is 2.03 bits per heavy atom. The van der Waals surface area contributed by atoms with Crippen LogP contribution >= 0.6 is 11.3 Å². The van der Waals surface area contributed by atoms with Crippen molar-refractivity contribution in [2.24, 2.45) is 5.92 Å². The van der Waals surface area contributed by atoms with E-state index in [1.807, 2.05) is 60.8 Å². The number of nitrogens with zero attached hydrogens (tertiary/aromatic N) is 2. The molecular weight excluding hydrogens is 386 g/mol. The predicted molar refractivity (Wildman–Crippen MR) is 114 cm³/mol. The Hall–Kier alpha value is -3.19. The highest BCUT2D eigenvalue weighted by molar-refractivity contribution is 7.09. The molecule has 2 aromatic carbocycles. The molecule has 3 aromatic rings. The smallest absolute Gasteiger partial charge is 0.229 e. The monoisotopic (exact) mass is 407 g/mol. The molecule has 0 radical (unpaired) electrons. The minimum Gasteiger partial charge on any atom is -0.497 e. The van der Waals surface area contributed by atoms with Crippen molar-refractivity contribution in [3.8, 4) is 17.0 Å². The van der Waals surface area contributed by atoms with Crippen LogP contribution in [0.2, 0.25) is 0 Å². The van der Waals surface area contributed by atoms with Gasteiger partial charge in [-0.15, -0.1) is 11.3 Å². The van der Waals surface area contributed by atoms with E-state index >= 15 is 0 Å². The van der Waals surface area contributed by atoms with E-state index in [0.717, 1.165) is 27.7 Å². The summed E-state index contributed by atoms with van der Waals surface area (Å²) in [5.41, 5.74) is 3.32. The van der Waals surface area contributed by atoms with Crippen LogP contribution in [0.15, 0.2) is 53.9 Å². The lowest BCUT2D eigenvalue weighted by Crippen LogP contribution is -2.28. The maximum absolute atomic E-state index is 12.8. The molecule has 0 saturated carbocycles. The van der Waals surface area contributed by atoms with Crippen molar-refractivity contribution in [3.63, 3.8) is 0 Å². The first-order valence-electron chi connectivity index (χ1n) is 9.31. The molecule has 0 bridgehead atoms. The van der Waals surface area contributed by atoms with E-state index in [2.05, 4.69) is 10.3 Å². The average molecular weight is 407 g/mol. The fourth-order valence-corrected chi connectivity index (χ4v) is 4.01. The summed E-state index contributed by atoms with van der Waals surface area (Å²) in [6.45, 7) is 2.33. The zero-order valence-corrected chi connectivity index (χ0v) is 17.0. The number of nitrogens with one attached hydrogen (secondary N) is 1. The summed E-state index contributed by atoms with van der Waals surface area (Å²) in [6.07, 6.45) is 0.197. The fourth-order valence-electron chi connectivity index (χ4n) is 3.39. The molecular formula is C22H21N3O3S. The Morgan fingerprint density at radius 3 is 2.72 bits per heavy atom. The topological polar surface area (TPSA) is 71.5 Å². The molecule has 148 valence electrons. The fraction of sp³-hybridized carbons (Fsp3) is 0.227. The Bertz CT molecular complexity index is 1050. The Morgan fingerprint density at radius 1 is 1.24 bits per heavy atom. The molecule has 1 aromatic heterocycles. The SMILES string of the molecule is COc1ccc(N2CC(C(=O)Nc3cccc(-c4csc(C)n4)c3)CC2=O)cc1. The van der Waals surface area contributed by atoms with Gasteiger partial charge in [0.2, 0.25) is 11.8 Å². The van der Waals surface area contributed by atoms with Gasteiger partial charge in [0.25, 0.3) is 0 Å². The second-order valence-electron chi connectivity index (χ2n) is 6.93. The van der Waals surface area contributed by atoms with E-state index in [1.165, 1.54) is 0 Å². The molecule has 2 amide bonds. The molecule has 1 atom stereocenters. The number of ether oxygens (including phenoxy) is 1. The van der Waals surface area contributed by atoms with Crippen LogP contribution in [0.25, 0.3) is 11.3 Å². The minimum absolute atomic E-state index is 0.0537. The van der Waals surface area contributed by atoms with Crippen molar-refractivity contribution < 1.29 is 14.3 Å². The first-order chi connectivity index (χ1) is 14.0. The number of anilines is 2. The molecule has 2 heterocycles. The lowest BCUT2D eigenvalue weighted by Gasteiger charge is -2.17. The van der Waals surface area contributed by atoms with E-state index in [0.29, 0.717) is 12.2 Å². The van der Waals surface area contributed by atoms with Crippen LogP contribution in [0, 0.1) is 12.8 Å². The molecule has 7 heteroatoms. The summed E-state index contributed by atoms with van der Waals surface area (Å²) < 4.78 is 5.16. The molecule has 1 aliphatic rings. The van der Waals surface area contributed by atoms with E-state index in [-0.39, 0.29) is 18.2 Å². The zero-order valence-electron chi connectivity index (χ0n) is 16.2. The number of carbonyl (C=O) groups excluding carboxylic acids is 2. The Balaban J connectivity index is 1.44. The molecule has 1 fully saturated rings. The first-order valence-corrected chi connectivity index (χ1v) is 10.2. The lowest BCUT2D eigenvalue weighted by molar-refractivity contribution is -0.122. The number of thiazole rings is 1. The summed E-state index contributed by atoms with van der Waals surface area (Å²) in [6, 6.07) is 14.9. The van der Waals surface area contributed by atoms with Gasteiger partial charge < -0.3 is 15.0 Å². The lowest BCUT2D eigenvalue weighted by atomic mass is 10.1. The standard InChI is InChI=1S/C22H21N3O3S/c1-14-23-20(13-29-14)15-4-3-5-17(10-15)24-22(27)16-11-21(26)25(12-16)18-6-8-19(28-2)9-7-18/h3-10,13,16H,11-12H2,1-2H3,(H,24,27). The number of aryl methyl sites for hydroxylation is 1. The van der Waals surface area contributed by atoms with Gasteiger partial charge in [-0.25, -0.2) is 4.98 Å². The van der Waals surface area contributed by atoms with Crippen molar-refractivity contribution >= 4 is 34.5 Å². The molecule has 1 unspecified atom stereocenters. The molecule has 4 rings (SSSR count). The van der Waals surface area contributed by atoms with Gasteiger partial charge in [0.05, 0.1) is 23.7 Å². The van der Waals surface area contributed by atoms with Crippen LogP contribution in [0.1, 0.15) is 11.4 Å². The number of amides is 2. The van der Waals surface area contributed by atoms with Crippen molar-refractivity contribution in [2.45, 2.75) is 13.3 Å². The van der Waals surface area contributed by atoms with Crippen LogP contribution in [0.4, 0.5) is 11.4 Å². The quantitative estimate of drug-likeness (QED) is 0.691. The van der Waals surface area contributed by atoms with E-state index in [9.17, 15) is 9.59 Å². The third-order valence-corrected chi connectivity index (χ3v) is 5.70. The number of carbonyl (C=O) groups is 2. The second-order valence-corrected chi connectivity index (χ2v) is 7.99. The van der Waals surface area contributed by atoms with Crippen molar-refractivity contribution in [1.82, 2.24) is 4.98 Å². The van der Waals surface area contributed by atoms with Gasteiger partial charge in [0.1, 0.15) is 5.75 Å². The molecule has 29 heavy (non-hydrogen) atoms. The van der Waals surface area contributed by atoms with Crippen LogP contribution in [0.5, 0.6) is 5.75 Å². The molecule has 0 aliphatic carbocycles. The van der Waals surface area contributed by atoms with Crippen molar-refractivity contribution in [3.05, 3.63) is 58.9 Å². The zero-order chi connectivity index (χ0) is 20.4. The third-order valence-electron chi connectivity index (χ3n) is 4.92. The normalized spacial score (nSPS) is 16.1. The van der Waals surface area contributed by atoms with Gasteiger partial charge in [-0.05, 0) is 43.3 Å². The highest BCUT2D eigenvalue weighted by atomic mass is 32.1. The number of methoxy groups -OCH3 is 1. The maximum atomic E-state index is 12.8. The van der Waals surface area contributed by atoms with Gasteiger partial charge in [-0.3, -0.25) is 9.59 Å². The van der Waals surface area contributed by atoms with Gasteiger partial charge in [-0.2, -0.15) is 0 Å². The molecule has 1 N–H and O–H groups in total. The molecule has 0 spiro atoms. The Labute approximate surface area is 173 Å². The Kier molecular flexibility index (Phi) is 5.31. The number of aromatic nitrogens is 1. The van der Waals surface area contributed by atoms with Crippen LogP contribution in [-0.4, -0.2) is 30.5 Å². The largest absolute Gasteiger partial charge is 0.497 e. The summed E-state index contributed by atoms with van der Waals surface area (Å²) in [5.74, 6) is 0.127. The van der Waals surface area contributed by atoms with Crippen LogP contribution in [0.3, 0.4) is 0 Å². The van der Waals surface area contributed by atoms with E-state index in [1.54, 1.807) is 23.3 Å². The number of hydrogen-bond donors (Lipinski definition) is 1. The van der Waals surface area contributed by atoms with Gasteiger partial charge in [0, 0.05) is 35.3 Å².